The molecule has 1 N–H and O–H groups in total. The predicted molar refractivity (Wildman–Crippen MR) is 130 cm³/mol. The van der Waals surface area contributed by atoms with Crippen molar-refractivity contribution in [3.05, 3.63) is 64.2 Å². The topological polar surface area (TPSA) is 55.8 Å². The summed E-state index contributed by atoms with van der Waals surface area (Å²) < 4.78 is 42.0. The molecule has 4 atom stereocenters. The van der Waals surface area contributed by atoms with Gasteiger partial charge in [0.1, 0.15) is 11.1 Å². The number of carbonyl (C=O) groups is 1. The van der Waals surface area contributed by atoms with E-state index < -0.39 is 28.3 Å². The lowest BCUT2D eigenvalue weighted by atomic mass is 9.60. The lowest BCUT2D eigenvalue weighted by molar-refractivity contribution is -0.137. The molecule has 0 aliphatic carbocycles. The monoisotopic (exact) mass is 510 g/mol. The molecule has 184 valence electrons. The third kappa shape index (κ3) is 4.93. The van der Waals surface area contributed by atoms with Crippen LogP contribution in [0.25, 0.3) is 0 Å². The highest BCUT2D eigenvalue weighted by molar-refractivity contribution is 8.00. The van der Waals surface area contributed by atoms with E-state index in [-0.39, 0.29) is 35.9 Å². The highest BCUT2D eigenvalue weighted by Gasteiger charge is 2.53. The third-order valence-corrected chi connectivity index (χ3v) is 8.81. The van der Waals surface area contributed by atoms with E-state index in [0.29, 0.717) is 36.6 Å². The molecule has 34 heavy (non-hydrogen) atoms. The fraction of sp³-hybridized carbons (Fsp3) is 0.500. The standard InChI is InChI=1S/C26H29ClF2O4S/c1-15(2)24(25(30)31)34-12-9-21-18-14-33-23-20(29)8-7-19(28)22(23)26(18,10-11-32-21)13-16-3-5-17(27)6-4-16/h3-8,15,18,21,24H,9-14H2,1-2H3,(H,30,31)/t18-,21-,24?,26-/m0/s1. The van der Waals surface area contributed by atoms with Crippen LogP contribution >= 0.6 is 23.4 Å². The van der Waals surface area contributed by atoms with Gasteiger partial charge in [0, 0.05) is 28.5 Å². The van der Waals surface area contributed by atoms with E-state index in [1.165, 1.54) is 17.8 Å². The summed E-state index contributed by atoms with van der Waals surface area (Å²) in [7, 11) is 0. The summed E-state index contributed by atoms with van der Waals surface area (Å²) in [5, 5.41) is 9.61. The molecule has 1 saturated heterocycles. The molecule has 2 heterocycles. The van der Waals surface area contributed by atoms with Crippen molar-refractivity contribution in [3.8, 4) is 5.75 Å². The van der Waals surface area contributed by atoms with Crippen molar-refractivity contribution in [1.29, 1.82) is 0 Å². The van der Waals surface area contributed by atoms with E-state index in [9.17, 15) is 14.3 Å². The van der Waals surface area contributed by atoms with E-state index in [0.717, 1.165) is 11.6 Å². The average Bonchev–Trinajstić information content (AvgIpc) is 2.79. The molecule has 0 saturated carbocycles. The molecule has 8 heteroatoms. The Labute approximate surface area is 208 Å². The second kappa shape index (κ2) is 10.4. The van der Waals surface area contributed by atoms with Crippen molar-refractivity contribution >= 4 is 29.3 Å². The Balaban J connectivity index is 1.66. The number of carboxylic acid groups (broad SMARTS) is 1. The smallest absolute Gasteiger partial charge is 0.316 e. The number of benzene rings is 2. The zero-order valence-corrected chi connectivity index (χ0v) is 20.8. The number of aliphatic carboxylic acids is 1. The minimum absolute atomic E-state index is 0.000677. The van der Waals surface area contributed by atoms with Gasteiger partial charge in [-0.3, -0.25) is 4.79 Å². The molecule has 0 amide bonds. The van der Waals surface area contributed by atoms with Crippen LogP contribution in [0.5, 0.6) is 5.75 Å². The number of ether oxygens (including phenoxy) is 2. The Morgan fingerprint density at radius 2 is 1.91 bits per heavy atom. The number of hydrogen-bond acceptors (Lipinski definition) is 4. The van der Waals surface area contributed by atoms with Gasteiger partial charge in [-0.1, -0.05) is 37.6 Å². The number of thioether (sulfide) groups is 1. The van der Waals surface area contributed by atoms with E-state index >= 15 is 4.39 Å². The van der Waals surface area contributed by atoms with Gasteiger partial charge in [0.25, 0.3) is 0 Å². The van der Waals surface area contributed by atoms with E-state index in [1.54, 1.807) is 12.1 Å². The van der Waals surface area contributed by atoms with Crippen LogP contribution in [0.1, 0.15) is 37.8 Å². The van der Waals surface area contributed by atoms with Crippen molar-refractivity contribution in [2.75, 3.05) is 19.0 Å². The second-order valence-corrected chi connectivity index (χ2v) is 11.1. The highest BCUT2D eigenvalue weighted by atomic mass is 35.5. The lowest BCUT2D eigenvalue weighted by Crippen LogP contribution is -2.55. The first-order valence-corrected chi connectivity index (χ1v) is 13.0. The summed E-state index contributed by atoms with van der Waals surface area (Å²) in [4.78, 5) is 11.6. The normalized spacial score (nSPS) is 24.8. The van der Waals surface area contributed by atoms with Gasteiger partial charge in [-0.2, -0.15) is 0 Å². The fourth-order valence-electron chi connectivity index (χ4n) is 5.36. The van der Waals surface area contributed by atoms with Crippen LogP contribution in [-0.4, -0.2) is 41.4 Å². The molecule has 2 aliphatic rings. The Kier molecular flexibility index (Phi) is 7.75. The van der Waals surface area contributed by atoms with Crippen molar-refractivity contribution in [3.63, 3.8) is 0 Å². The predicted octanol–water partition coefficient (Wildman–Crippen LogP) is 6.13. The van der Waals surface area contributed by atoms with Gasteiger partial charge >= 0.3 is 5.97 Å². The molecule has 2 aromatic carbocycles. The molecule has 4 nitrogen and oxygen atoms in total. The van der Waals surface area contributed by atoms with Gasteiger partial charge in [-0.25, -0.2) is 8.78 Å². The number of halogens is 3. The molecular formula is C26H29ClF2O4S. The average molecular weight is 511 g/mol. The number of rotatable bonds is 8. The van der Waals surface area contributed by atoms with Crippen LogP contribution in [0.2, 0.25) is 5.02 Å². The Morgan fingerprint density at radius 3 is 2.59 bits per heavy atom. The molecule has 2 aromatic rings. The van der Waals surface area contributed by atoms with Gasteiger partial charge in [0.05, 0.1) is 12.7 Å². The molecule has 2 aliphatic heterocycles. The quantitative estimate of drug-likeness (QED) is 0.463. The number of fused-ring (bicyclic) bond motifs is 3. The summed E-state index contributed by atoms with van der Waals surface area (Å²) >= 11 is 7.47. The summed E-state index contributed by atoms with van der Waals surface area (Å²) in [5.41, 5.74) is 0.558. The van der Waals surface area contributed by atoms with Gasteiger partial charge in [0.15, 0.2) is 11.6 Å². The van der Waals surface area contributed by atoms with E-state index in [4.69, 9.17) is 21.1 Å². The lowest BCUT2D eigenvalue weighted by Gasteiger charge is -2.51. The van der Waals surface area contributed by atoms with Crippen molar-refractivity contribution in [2.45, 2.75) is 49.9 Å². The van der Waals surface area contributed by atoms with Gasteiger partial charge in [-0.15, -0.1) is 11.8 Å². The van der Waals surface area contributed by atoms with Crippen LogP contribution in [-0.2, 0) is 21.4 Å². The highest BCUT2D eigenvalue weighted by Crippen LogP contribution is 2.53. The van der Waals surface area contributed by atoms with Crippen LogP contribution in [0, 0.1) is 23.5 Å². The summed E-state index contributed by atoms with van der Waals surface area (Å²) in [6, 6.07) is 9.72. The first-order chi connectivity index (χ1) is 16.2. The maximum atomic E-state index is 15.3. The SMILES string of the molecule is CC(C)C(SCC[C@@H]1OCC[C@@]2(Cc3ccc(Cl)cc3)c3c(F)ccc(F)c3OC[C@@H]12)C(=O)O. The Morgan fingerprint density at radius 1 is 1.21 bits per heavy atom. The van der Waals surface area contributed by atoms with Crippen molar-refractivity contribution in [1.82, 2.24) is 0 Å². The first-order valence-electron chi connectivity index (χ1n) is 11.5. The Bertz CT molecular complexity index is 1030. The minimum atomic E-state index is -0.825. The maximum Gasteiger partial charge on any atom is 0.316 e. The van der Waals surface area contributed by atoms with Crippen molar-refractivity contribution < 1.29 is 28.2 Å². The zero-order valence-electron chi connectivity index (χ0n) is 19.2. The number of hydrogen-bond donors (Lipinski definition) is 1. The molecule has 1 unspecified atom stereocenters. The van der Waals surface area contributed by atoms with Crippen LogP contribution in [0.15, 0.2) is 36.4 Å². The summed E-state index contributed by atoms with van der Waals surface area (Å²) in [5.74, 6) is -1.49. The molecule has 0 spiro atoms. The third-order valence-electron chi connectivity index (χ3n) is 6.98. The molecule has 0 aromatic heterocycles. The summed E-state index contributed by atoms with van der Waals surface area (Å²) in [6.07, 6.45) is 1.38. The maximum absolute atomic E-state index is 15.3. The second-order valence-electron chi connectivity index (χ2n) is 9.43. The van der Waals surface area contributed by atoms with Gasteiger partial charge in [-0.05, 0) is 60.8 Å². The Hall–Kier alpha value is -1.83. The molecule has 4 rings (SSSR count). The summed E-state index contributed by atoms with van der Waals surface area (Å²) in [6.45, 7) is 4.40. The fourth-order valence-corrected chi connectivity index (χ4v) is 6.63. The van der Waals surface area contributed by atoms with Crippen LogP contribution in [0.3, 0.4) is 0 Å². The van der Waals surface area contributed by atoms with Crippen molar-refractivity contribution in [2.24, 2.45) is 11.8 Å². The largest absolute Gasteiger partial charge is 0.490 e. The molecule has 1 fully saturated rings. The van der Waals surface area contributed by atoms with E-state index in [2.05, 4.69) is 0 Å². The number of carboxylic acids is 1. The molecular weight excluding hydrogens is 482 g/mol. The van der Waals surface area contributed by atoms with Gasteiger partial charge < -0.3 is 14.6 Å². The molecule has 0 bridgehead atoms. The molecule has 0 radical (unpaired) electrons. The zero-order chi connectivity index (χ0) is 24.5. The minimum Gasteiger partial charge on any atom is -0.490 e. The van der Waals surface area contributed by atoms with E-state index in [1.807, 2.05) is 26.0 Å². The van der Waals surface area contributed by atoms with Gasteiger partial charge in [0.2, 0.25) is 0 Å². The van der Waals surface area contributed by atoms with Crippen LogP contribution < -0.4 is 4.74 Å². The van der Waals surface area contributed by atoms with Crippen LogP contribution in [0.4, 0.5) is 8.78 Å². The first kappa shape index (κ1) is 25.3.